The van der Waals surface area contributed by atoms with Gasteiger partial charge in [-0.05, 0) is 25.0 Å². The summed E-state index contributed by atoms with van der Waals surface area (Å²) in [5.41, 5.74) is 1.30. The van der Waals surface area contributed by atoms with Gasteiger partial charge in [0.25, 0.3) is 5.56 Å². The molecule has 0 amide bonds. The summed E-state index contributed by atoms with van der Waals surface area (Å²) in [6.07, 6.45) is 3.42. The topological polar surface area (TPSA) is 52.7 Å². The molecule has 0 saturated carbocycles. The molecule has 0 spiro atoms. The van der Waals surface area contributed by atoms with Gasteiger partial charge in [0.15, 0.2) is 0 Å². The summed E-state index contributed by atoms with van der Waals surface area (Å²) in [5.74, 6) is 1.70. The van der Waals surface area contributed by atoms with Gasteiger partial charge in [-0.2, -0.15) is 5.10 Å². The molecule has 0 radical (unpaired) electrons. The average molecular weight is 308 g/mol. The van der Waals surface area contributed by atoms with E-state index in [0.717, 1.165) is 24.6 Å². The van der Waals surface area contributed by atoms with Crippen LogP contribution in [0.4, 0.5) is 0 Å². The van der Waals surface area contributed by atoms with Crippen molar-refractivity contribution in [3.8, 4) is 0 Å². The second-order valence-corrected chi connectivity index (χ2v) is 5.52. The van der Waals surface area contributed by atoms with Crippen molar-refractivity contribution >= 4 is 0 Å². The van der Waals surface area contributed by atoms with Gasteiger partial charge in [0.1, 0.15) is 11.6 Å². The third-order valence-corrected chi connectivity index (χ3v) is 3.78. The highest BCUT2D eigenvalue weighted by molar-refractivity contribution is 5.14. The summed E-state index contributed by atoms with van der Waals surface area (Å²) < 4.78 is 3.65. The smallest absolute Gasteiger partial charge is 0.250 e. The van der Waals surface area contributed by atoms with E-state index < -0.39 is 0 Å². The zero-order valence-corrected chi connectivity index (χ0v) is 13.2. The van der Waals surface area contributed by atoms with Crippen LogP contribution in [0.1, 0.15) is 17.2 Å². The van der Waals surface area contributed by atoms with E-state index in [-0.39, 0.29) is 5.56 Å². The molecule has 5 heteroatoms. The maximum Gasteiger partial charge on any atom is 0.250 e. The Morgan fingerprint density at radius 1 is 0.957 bits per heavy atom. The fourth-order valence-corrected chi connectivity index (χ4v) is 2.61. The predicted molar refractivity (Wildman–Crippen MR) is 89.3 cm³/mol. The van der Waals surface area contributed by atoms with Crippen LogP contribution < -0.4 is 5.56 Å². The van der Waals surface area contributed by atoms with Gasteiger partial charge in [0.05, 0.1) is 0 Å². The quantitative estimate of drug-likeness (QED) is 0.702. The molecule has 0 N–H and O–H groups in total. The third kappa shape index (κ3) is 3.94. The lowest BCUT2D eigenvalue weighted by Crippen LogP contribution is -2.20. The maximum atomic E-state index is 11.8. The molecule has 2 aromatic heterocycles. The molecule has 2 heterocycles. The Balaban J connectivity index is 1.68. The summed E-state index contributed by atoms with van der Waals surface area (Å²) in [5, 5.41) is 4.48. The van der Waals surface area contributed by atoms with Crippen molar-refractivity contribution in [2.75, 3.05) is 0 Å². The van der Waals surface area contributed by atoms with Crippen LogP contribution in [0.5, 0.6) is 0 Å². The molecule has 0 aliphatic rings. The minimum atomic E-state index is 0.0135. The monoisotopic (exact) mass is 308 g/mol. The largest absolute Gasteiger partial charge is 0.315 e. The first-order valence-corrected chi connectivity index (χ1v) is 7.82. The van der Waals surface area contributed by atoms with Gasteiger partial charge in [-0.25, -0.2) is 9.67 Å². The van der Waals surface area contributed by atoms with E-state index in [9.17, 15) is 4.79 Å². The number of aromatic nitrogens is 4. The molecular formula is C18H20N4O. The van der Waals surface area contributed by atoms with Gasteiger partial charge < -0.3 is 4.57 Å². The van der Waals surface area contributed by atoms with Crippen molar-refractivity contribution in [3.63, 3.8) is 0 Å². The SMILES string of the molecule is Cc1nc(CCn2ccccc2=O)n(CCc2ccccc2)n1. The highest BCUT2D eigenvalue weighted by atomic mass is 16.1. The van der Waals surface area contributed by atoms with Crippen LogP contribution in [-0.2, 0) is 25.9 Å². The first-order valence-electron chi connectivity index (χ1n) is 7.82. The van der Waals surface area contributed by atoms with Gasteiger partial charge >= 0.3 is 0 Å². The molecule has 118 valence electrons. The molecule has 3 aromatic rings. The summed E-state index contributed by atoms with van der Waals surface area (Å²) >= 11 is 0. The Hall–Kier alpha value is -2.69. The number of nitrogens with zero attached hydrogens (tertiary/aromatic N) is 4. The molecule has 0 aliphatic carbocycles. The number of pyridine rings is 1. The number of hydrogen-bond acceptors (Lipinski definition) is 3. The zero-order valence-electron chi connectivity index (χ0n) is 13.2. The molecule has 1 aromatic carbocycles. The Morgan fingerprint density at radius 2 is 1.74 bits per heavy atom. The van der Waals surface area contributed by atoms with E-state index in [0.29, 0.717) is 13.0 Å². The molecule has 0 saturated heterocycles. The fraction of sp³-hybridized carbons (Fsp3) is 0.278. The summed E-state index contributed by atoms with van der Waals surface area (Å²) in [4.78, 5) is 16.3. The highest BCUT2D eigenvalue weighted by Crippen LogP contribution is 2.05. The molecule has 0 unspecified atom stereocenters. The second kappa shape index (κ2) is 7.05. The van der Waals surface area contributed by atoms with Gasteiger partial charge in [-0.3, -0.25) is 4.79 Å². The molecular weight excluding hydrogens is 288 g/mol. The van der Waals surface area contributed by atoms with Crippen molar-refractivity contribution < 1.29 is 0 Å². The van der Waals surface area contributed by atoms with Crippen LogP contribution in [0.25, 0.3) is 0 Å². The molecule has 0 bridgehead atoms. The minimum absolute atomic E-state index is 0.0135. The second-order valence-electron chi connectivity index (χ2n) is 5.52. The first-order chi connectivity index (χ1) is 11.2. The number of rotatable bonds is 6. The maximum absolute atomic E-state index is 11.8. The van der Waals surface area contributed by atoms with E-state index >= 15 is 0 Å². The van der Waals surface area contributed by atoms with E-state index in [1.165, 1.54) is 5.56 Å². The van der Waals surface area contributed by atoms with E-state index in [1.807, 2.05) is 35.9 Å². The van der Waals surface area contributed by atoms with Crippen LogP contribution in [0.2, 0.25) is 0 Å². The van der Waals surface area contributed by atoms with Crippen LogP contribution in [0.15, 0.2) is 59.5 Å². The normalized spacial score (nSPS) is 10.8. The summed E-state index contributed by atoms with van der Waals surface area (Å²) in [6.45, 7) is 3.31. The van der Waals surface area contributed by atoms with Crippen LogP contribution in [0, 0.1) is 6.92 Å². The molecule has 23 heavy (non-hydrogen) atoms. The lowest BCUT2D eigenvalue weighted by atomic mass is 10.1. The Kier molecular flexibility index (Phi) is 4.66. The highest BCUT2D eigenvalue weighted by Gasteiger charge is 2.08. The minimum Gasteiger partial charge on any atom is -0.315 e. The van der Waals surface area contributed by atoms with Gasteiger partial charge in [-0.1, -0.05) is 36.4 Å². The summed E-state index contributed by atoms with van der Waals surface area (Å²) in [6, 6.07) is 15.5. The first kappa shape index (κ1) is 15.2. The molecule has 0 atom stereocenters. The van der Waals surface area contributed by atoms with Crippen molar-refractivity contribution in [1.82, 2.24) is 19.3 Å². The third-order valence-electron chi connectivity index (χ3n) is 3.78. The van der Waals surface area contributed by atoms with E-state index in [4.69, 9.17) is 0 Å². The molecule has 3 rings (SSSR count). The molecule has 0 fully saturated rings. The molecule has 0 aliphatic heterocycles. The van der Waals surface area contributed by atoms with Gasteiger partial charge in [-0.15, -0.1) is 0 Å². The average Bonchev–Trinajstić information content (AvgIpc) is 2.93. The zero-order chi connectivity index (χ0) is 16.1. The van der Waals surface area contributed by atoms with Crippen LogP contribution in [-0.4, -0.2) is 19.3 Å². The van der Waals surface area contributed by atoms with Gasteiger partial charge in [0, 0.05) is 31.8 Å². The Morgan fingerprint density at radius 3 is 2.52 bits per heavy atom. The number of hydrogen-bond donors (Lipinski definition) is 0. The number of aryl methyl sites for hydroxylation is 5. The number of benzene rings is 1. The molecule has 5 nitrogen and oxygen atoms in total. The van der Waals surface area contributed by atoms with Crippen molar-refractivity contribution in [2.45, 2.75) is 32.9 Å². The van der Waals surface area contributed by atoms with E-state index in [2.05, 4.69) is 22.2 Å². The Bertz CT molecular complexity index is 820. The van der Waals surface area contributed by atoms with Crippen molar-refractivity contribution in [1.29, 1.82) is 0 Å². The van der Waals surface area contributed by atoms with Crippen molar-refractivity contribution in [3.05, 3.63) is 82.3 Å². The lowest BCUT2D eigenvalue weighted by Gasteiger charge is -2.07. The van der Waals surface area contributed by atoms with Crippen LogP contribution in [0.3, 0.4) is 0 Å². The van der Waals surface area contributed by atoms with Crippen molar-refractivity contribution in [2.24, 2.45) is 0 Å². The standard InChI is InChI=1S/C18H20N4O/c1-15-19-17(11-13-21-12-6-5-9-18(21)23)22(20-15)14-10-16-7-3-2-4-8-16/h2-9,12H,10-11,13-14H2,1H3. The fourth-order valence-electron chi connectivity index (χ4n) is 2.61. The lowest BCUT2D eigenvalue weighted by molar-refractivity contribution is 0.551. The Labute approximate surface area is 135 Å². The van der Waals surface area contributed by atoms with E-state index in [1.54, 1.807) is 22.9 Å². The van der Waals surface area contributed by atoms with Gasteiger partial charge in [0.2, 0.25) is 0 Å². The van der Waals surface area contributed by atoms with Crippen LogP contribution >= 0.6 is 0 Å². The predicted octanol–water partition coefficient (Wildman–Crippen LogP) is 2.23. The summed E-state index contributed by atoms with van der Waals surface area (Å²) in [7, 11) is 0.